The zero-order chi connectivity index (χ0) is 17.3. The molecule has 2 heterocycles. The van der Waals surface area contributed by atoms with Crippen LogP contribution in [0.5, 0.6) is 0 Å². The van der Waals surface area contributed by atoms with Crippen LogP contribution in [0.3, 0.4) is 0 Å². The van der Waals surface area contributed by atoms with E-state index in [2.05, 4.69) is 10.1 Å². The van der Waals surface area contributed by atoms with Crippen LogP contribution in [0.25, 0.3) is 0 Å². The molecule has 2 aromatic rings. The van der Waals surface area contributed by atoms with Gasteiger partial charge < -0.3 is 14.5 Å². The Morgan fingerprint density at radius 3 is 2.58 bits per heavy atom. The smallest absolute Gasteiger partial charge is 0.373 e. The Morgan fingerprint density at radius 1 is 1.21 bits per heavy atom. The molecule has 0 aliphatic carbocycles. The summed E-state index contributed by atoms with van der Waals surface area (Å²) < 4.78 is 9.88. The summed E-state index contributed by atoms with van der Waals surface area (Å²) in [6.45, 7) is 1.59. The molecule has 7 nitrogen and oxygen atoms in total. The lowest BCUT2D eigenvalue weighted by atomic mass is 9.92. The lowest BCUT2D eigenvalue weighted by Crippen LogP contribution is -2.40. The van der Waals surface area contributed by atoms with E-state index in [1.807, 2.05) is 6.07 Å². The van der Waals surface area contributed by atoms with E-state index in [1.54, 1.807) is 31.2 Å². The lowest BCUT2D eigenvalue weighted by Gasteiger charge is -2.21. The first-order valence-corrected chi connectivity index (χ1v) is 7.32. The van der Waals surface area contributed by atoms with Crippen molar-refractivity contribution in [2.75, 3.05) is 7.11 Å². The molecule has 1 atom stereocenters. The molecule has 24 heavy (non-hydrogen) atoms. The maximum Gasteiger partial charge on any atom is 0.373 e. The second-order valence-electron chi connectivity index (χ2n) is 5.57. The minimum absolute atomic E-state index is 0.0189. The highest BCUT2D eigenvalue weighted by Gasteiger charge is 2.49. The van der Waals surface area contributed by atoms with Crippen LogP contribution in [0.2, 0.25) is 0 Å². The highest BCUT2D eigenvalue weighted by atomic mass is 16.5. The van der Waals surface area contributed by atoms with Gasteiger partial charge in [-0.05, 0) is 24.6 Å². The van der Waals surface area contributed by atoms with E-state index in [1.165, 1.54) is 19.2 Å². The molecule has 0 saturated carbocycles. The van der Waals surface area contributed by atoms with Gasteiger partial charge in [-0.2, -0.15) is 0 Å². The summed E-state index contributed by atoms with van der Waals surface area (Å²) in [7, 11) is 1.24. The van der Waals surface area contributed by atoms with Gasteiger partial charge in [-0.15, -0.1) is 0 Å². The molecule has 0 unspecified atom stereocenters. The van der Waals surface area contributed by atoms with Crippen LogP contribution in [0.4, 0.5) is 4.79 Å². The molecule has 0 bridgehead atoms. The molecule has 1 fully saturated rings. The molecular formula is C17H16N2O5. The first-order valence-electron chi connectivity index (χ1n) is 7.32. The zero-order valence-electron chi connectivity index (χ0n) is 13.2. The standard InChI is InChI=1S/C17H16N2O5/c1-17(11-6-4-3-5-7-11)15(21)19(16(22)18-17)10-12-8-9-13(24-12)14(20)23-2/h3-9H,10H2,1-2H3,(H,18,22)/t17-/m0/s1. The van der Waals surface area contributed by atoms with Gasteiger partial charge in [-0.3, -0.25) is 9.69 Å². The van der Waals surface area contributed by atoms with Gasteiger partial charge in [0.05, 0.1) is 13.7 Å². The number of nitrogens with zero attached hydrogens (tertiary/aromatic N) is 1. The number of methoxy groups -OCH3 is 1. The number of benzene rings is 1. The molecule has 0 radical (unpaired) electrons. The van der Waals surface area contributed by atoms with Crippen LogP contribution in [0, 0.1) is 0 Å². The average molecular weight is 328 g/mol. The first kappa shape index (κ1) is 15.8. The van der Waals surface area contributed by atoms with Crippen molar-refractivity contribution in [3.05, 3.63) is 59.5 Å². The van der Waals surface area contributed by atoms with Crippen molar-refractivity contribution in [3.8, 4) is 0 Å². The van der Waals surface area contributed by atoms with Crippen molar-refractivity contribution in [3.63, 3.8) is 0 Å². The number of urea groups is 1. The maximum atomic E-state index is 12.7. The number of hydrogen-bond donors (Lipinski definition) is 1. The average Bonchev–Trinajstić information content (AvgIpc) is 3.15. The van der Waals surface area contributed by atoms with Crippen LogP contribution in [0.15, 0.2) is 46.9 Å². The van der Waals surface area contributed by atoms with Crippen molar-refractivity contribution < 1.29 is 23.5 Å². The number of esters is 1. The SMILES string of the molecule is COC(=O)c1ccc(CN2C(=O)N[C@@](C)(c3ccccc3)C2=O)o1. The molecule has 1 aromatic heterocycles. The summed E-state index contributed by atoms with van der Waals surface area (Å²) in [6, 6.07) is 11.5. The molecule has 1 aliphatic rings. The highest BCUT2D eigenvalue weighted by molar-refractivity contribution is 6.07. The Kier molecular flexibility index (Phi) is 3.84. The van der Waals surface area contributed by atoms with Crippen molar-refractivity contribution in [2.45, 2.75) is 19.0 Å². The van der Waals surface area contributed by atoms with Crippen molar-refractivity contribution >= 4 is 17.9 Å². The molecule has 0 spiro atoms. The number of ether oxygens (including phenoxy) is 1. The summed E-state index contributed by atoms with van der Waals surface area (Å²) in [5.74, 6) is -0.663. The predicted octanol–water partition coefficient (Wildman–Crippen LogP) is 2.03. The summed E-state index contributed by atoms with van der Waals surface area (Å²) in [4.78, 5) is 37.5. The zero-order valence-corrected chi connectivity index (χ0v) is 13.2. The van der Waals surface area contributed by atoms with Gasteiger partial charge in [0.15, 0.2) is 0 Å². The van der Waals surface area contributed by atoms with E-state index in [9.17, 15) is 14.4 Å². The minimum Gasteiger partial charge on any atom is -0.463 e. The van der Waals surface area contributed by atoms with E-state index in [-0.39, 0.29) is 18.2 Å². The van der Waals surface area contributed by atoms with Crippen LogP contribution in [0.1, 0.15) is 28.8 Å². The lowest BCUT2D eigenvalue weighted by molar-refractivity contribution is -0.131. The number of rotatable bonds is 4. The monoisotopic (exact) mass is 328 g/mol. The number of carbonyl (C=O) groups is 3. The van der Waals surface area contributed by atoms with Crippen LogP contribution in [-0.2, 0) is 21.6 Å². The molecule has 1 N–H and O–H groups in total. The highest BCUT2D eigenvalue weighted by Crippen LogP contribution is 2.29. The predicted molar refractivity (Wildman–Crippen MR) is 82.9 cm³/mol. The number of furan rings is 1. The Morgan fingerprint density at radius 2 is 1.92 bits per heavy atom. The van der Waals surface area contributed by atoms with Crippen LogP contribution >= 0.6 is 0 Å². The number of amides is 3. The largest absolute Gasteiger partial charge is 0.463 e. The van der Waals surface area contributed by atoms with E-state index in [0.29, 0.717) is 11.3 Å². The van der Waals surface area contributed by atoms with E-state index < -0.39 is 17.5 Å². The fraction of sp³-hybridized carbons (Fsp3) is 0.235. The molecule has 3 amide bonds. The van der Waals surface area contributed by atoms with Gasteiger partial charge in [0.1, 0.15) is 11.3 Å². The summed E-state index contributed by atoms with van der Waals surface area (Å²) in [5, 5.41) is 2.71. The third kappa shape index (κ3) is 2.54. The summed E-state index contributed by atoms with van der Waals surface area (Å²) in [5.41, 5.74) is -0.434. The Hall–Kier alpha value is -3.09. The molecule has 1 aliphatic heterocycles. The quantitative estimate of drug-likeness (QED) is 0.685. The Balaban J connectivity index is 1.82. The van der Waals surface area contributed by atoms with Gasteiger partial charge in [-0.25, -0.2) is 9.59 Å². The van der Waals surface area contributed by atoms with Gasteiger partial charge in [0, 0.05) is 0 Å². The van der Waals surface area contributed by atoms with Gasteiger partial charge >= 0.3 is 12.0 Å². The molecule has 1 saturated heterocycles. The van der Waals surface area contributed by atoms with E-state index in [0.717, 1.165) is 4.90 Å². The fourth-order valence-electron chi connectivity index (χ4n) is 2.64. The third-order valence-electron chi connectivity index (χ3n) is 3.99. The van der Waals surface area contributed by atoms with Gasteiger partial charge in [0.2, 0.25) is 5.76 Å². The number of hydrogen-bond acceptors (Lipinski definition) is 5. The normalized spacial score (nSPS) is 20.2. The number of imide groups is 1. The number of carbonyl (C=O) groups excluding carboxylic acids is 3. The second kappa shape index (κ2) is 5.84. The topological polar surface area (TPSA) is 88.9 Å². The fourth-order valence-corrected chi connectivity index (χ4v) is 2.64. The van der Waals surface area contributed by atoms with Gasteiger partial charge in [-0.1, -0.05) is 30.3 Å². The van der Waals surface area contributed by atoms with E-state index in [4.69, 9.17) is 4.42 Å². The third-order valence-corrected chi connectivity index (χ3v) is 3.99. The molecule has 1 aromatic carbocycles. The van der Waals surface area contributed by atoms with Crippen molar-refractivity contribution in [1.82, 2.24) is 10.2 Å². The second-order valence-corrected chi connectivity index (χ2v) is 5.57. The number of nitrogens with one attached hydrogen (secondary N) is 1. The van der Waals surface area contributed by atoms with Crippen molar-refractivity contribution in [1.29, 1.82) is 0 Å². The first-order chi connectivity index (χ1) is 11.5. The van der Waals surface area contributed by atoms with Crippen molar-refractivity contribution in [2.24, 2.45) is 0 Å². The molecule has 7 heteroatoms. The molecule has 3 rings (SSSR count). The Bertz CT molecular complexity index is 798. The molecular weight excluding hydrogens is 312 g/mol. The van der Waals surface area contributed by atoms with E-state index >= 15 is 0 Å². The maximum absolute atomic E-state index is 12.7. The van der Waals surface area contributed by atoms with Gasteiger partial charge in [0.25, 0.3) is 5.91 Å². The van der Waals surface area contributed by atoms with Crippen LogP contribution in [-0.4, -0.2) is 29.9 Å². The molecule has 124 valence electrons. The summed E-state index contributed by atoms with van der Waals surface area (Å²) >= 11 is 0. The van der Waals surface area contributed by atoms with Crippen LogP contribution < -0.4 is 5.32 Å². The summed E-state index contributed by atoms with van der Waals surface area (Å²) in [6.07, 6.45) is 0. The minimum atomic E-state index is -1.13. The Labute approximate surface area is 138 Å².